The summed E-state index contributed by atoms with van der Waals surface area (Å²) in [5.41, 5.74) is 0.925. The van der Waals surface area contributed by atoms with Gasteiger partial charge in [0.1, 0.15) is 17.2 Å². The maximum absolute atomic E-state index is 12.7. The summed E-state index contributed by atoms with van der Waals surface area (Å²) >= 11 is 1.58. The van der Waals surface area contributed by atoms with Crippen LogP contribution in [-0.4, -0.2) is 28.2 Å². The number of hydrogen-bond donors (Lipinski definition) is 1. The van der Waals surface area contributed by atoms with Crippen LogP contribution >= 0.6 is 11.3 Å². The van der Waals surface area contributed by atoms with Crippen LogP contribution in [0.3, 0.4) is 0 Å². The number of para-hydroxylation sites is 1. The first-order valence-electron chi connectivity index (χ1n) is 7.81. The van der Waals surface area contributed by atoms with E-state index in [-0.39, 0.29) is 12.2 Å². The van der Waals surface area contributed by atoms with Crippen LogP contribution in [0.25, 0.3) is 10.2 Å². The maximum atomic E-state index is 12.7. The number of nitrogens with two attached hydrogens (primary N) is 1. The average molecular weight is 342 g/mol. The van der Waals surface area contributed by atoms with Gasteiger partial charge in [-0.2, -0.15) is 0 Å². The largest absolute Gasteiger partial charge is 0.486 e. The third kappa shape index (κ3) is 2.55. The fourth-order valence-electron chi connectivity index (χ4n) is 2.99. The lowest BCUT2D eigenvalue weighted by Gasteiger charge is -2.21. The Morgan fingerprint density at radius 3 is 2.92 bits per heavy atom. The summed E-state index contributed by atoms with van der Waals surface area (Å²) in [6, 6.07) is 9.42. The van der Waals surface area contributed by atoms with E-state index in [0.29, 0.717) is 11.2 Å². The van der Waals surface area contributed by atoms with Gasteiger partial charge in [-0.25, -0.2) is 9.66 Å². The minimum atomic E-state index is -0.186. The molecule has 0 radical (unpaired) electrons. The Morgan fingerprint density at radius 1 is 1.33 bits per heavy atom. The Labute approximate surface area is 143 Å². The van der Waals surface area contributed by atoms with Gasteiger partial charge in [0.2, 0.25) is 0 Å². The van der Waals surface area contributed by atoms with Crippen molar-refractivity contribution >= 4 is 21.6 Å². The predicted molar refractivity (Wildman–Crippen MR) is 94.8 cm³/mol. The molecule has 0 atom stereocenters. The van der Waals surface area contributed by atoms with Gasteiger partial charge >= 0.3 is 0 Å². The molecule has 0 unspecified atom stereocenters. The van der Waals surface area contributed by atoms with Crippen LogP contribution in [0.4, 0.5) is 0 Å². The van der Waals surface area contributed by atoms with E-state index in [1.165, 1.54) is 4.88 Å². The number of nitrogen functional groups attached to an aromatic ring is 1. The van der Waals surface area contributed by atoms with E-state index in [1.54, 1.807) is 11.3 Å². The van der Waals surface area contributed by atoms with Gasteiger partial charge in [0.25, 0.3) is 5.56 Å². The fourth-order valence-corrected chi connectivity index (χ4v) is 4.30. The summed E-state index contributed by atoms with van der Waals surface area (Å²) in [4.78, 5) is 21.5. The molecule has 3 aromatic rings. The number of likely N-dealkylation sites (N-methyl/N-ethyl adjacent to an activating group) is 1. The Morgan fingerprint density at radius 2 is 2.12 bits per heavy atom. The number of nitrogens with zero attached hydrogens (tertiary/aromatic N) is 3. The van der Waals surface area contributed by atoms with E-state index in [2.05, 4.69) is 16.9 Å². The molecule has 2 aromatic heterocycles. The first kappa shape index (κ1) is 15.2. The highest BCUT2D eigenvalue weighted by molar-refractivity contribution is 7.18. The van der Waals surface area contributed by atoms with Crippen molar-refractivity contribution in [2.45, 2.75) is 19.6 Å². The van der Waals surface area contributed by atoms with Crippen LogP contribution in [0.1, 0.15) is 16.3 Å². The van der Waals surface area contributed by atoms with Crippen molar-refractivity contribution < 1.29 is 4.74 Å². The van der Waals surface area contributed by atoms with Crippen LogP contribution in [0.2, 0.25) is 0 Å². The molecular formula is C17H18N4O2S. The van der Waals surface area contributed by atoms with E-state index in [4.69, 9.17) is 10.6 Å². The molecule has 3 heterocycles. The van der Waals surface area contributed by atoms with Gasteiger partial charge in [0.15, 0.2) is 5.82 Å². The lowest BCUT2D eigenvalue weighted by Crippen LogP contribution is -2.33. The molecule has 0 spiro atoms. The maximum Gasteiger partial charge on any atom is 0.281 e. The van der Waals surface area contributed by atoms with Gasteiger partial charge in [0, 0.05) is 18.0 Å². The van der Waals surface area contributed by atoms with Crippen molar-refractivity contribution in [2.24, 2.45) is 0 Å². The Balaban J connectivity index is 1.73. The molecule has 2 N–H and O–H groups in total. The third-order valence-corrected chi connectivity index (χ3v) is 5.39. The first-order chi connectivity index (χ1) is 11.6. The standard InChI is InChI=1S/C17H18N4O2S/c1-20-8-7-12-13(9-20)24-16-15(12)17(22)21(18)14(19-16)10-23-11-5-3-2-4-6-11/h2-6H,7-10,18H2,1H3. The van der Waals surface area contributed by atoms with E-state index in [9.17, 15) is 4.79 Å². The first-order valence-corrected chi connectivity index (χ1v) is 8.63. The molecule has 124 valence electrons. The van der Waals surface area contributed by atoms with Gasteiger partial charge in [-0.15, -0.1) is 11.3 Å². The number of fused-ring (bicyclic) bond motifs is 3. The number of ether oxygens (including phenoxy) is 1. The summed E-state index contributed by atoms with van der Waals surface area (Å²) in [6.45, 7) is 1.96. The zero-order valence-electron chi connectivity index (χ0n) is 13.4. The van der Waals surface area contributed by atoms with Gasteiger partial charge in [-0.3, -0.25) is 4.79 Å². The molecule has 0 amide bonds. The molecule has 0 fully saturated rings. The summed E-state index contributed by atoms with van der Waals surface area (Å²) in [6.07, 6.45) is 0.864. The molecule has 24 heavy (non-hydrogen) atoms. The Hall–Kier alpha value is -2.38. The number of hydrogen-bond acceptors (Lipinski definition) is 6. The molecule has 1 aliphatic rings. The summed E-state index contributed by atoms with van der Waals surface area (Å²) < 4.78 is 6.81. The zero-order valence-corrected chi connectivity index (χ0v) is 14.2. The van der Waals surface area contributed by atoms with E-state index >= 15 is 0 Å². The van der Waals surface area contributed by atoms with E-state index in [0.717, 1.165) is 40.3 Å². The number of rotatable bonds is 3. The SMILES string of the molecule is CN1CCc2c(sc3nc(COc4ccccc4)n(N)c(=O)c23)C1. The molecule has 1 aromatic carbocycles. The van der Waals surface area contributed by atoms with Gasteiger partial charge < -0.3 is 15.5 Å². The molecule has 7 heteroatoms. The van der Waals surface area contributed by atoms with Crippen LogP contribution < -0.4 is 16.1 Å². The van der Waals surface area contributed by atoms with Gasteiger partial charge in [0.05, 0.1) is 5.39 Å². The van der Waals surface area contributed by atoms with E-state index < -0.39 is 0 Å². The van der Waals surface area contributed by atoms with Crippen molar-refractivity contribution in [1.29, 1.82) is 0 Å². The lowest BCUT2D eigenvalue weighted by molar-refractivity contribution is 0.291. The second-order valence-corrected chi connectivity index (χ2v) is 7.06. The summed E-state index contributed by atoms with van der Waals surface area (Å²) in [5, 5.41) is 0.675. The molecule has 4 rings (SSSR count). The number of aromatic nitrogens is 2. The lowest BCUT2D eigenvalue weighted by atomic mass is 10.1. The Kier molecular flexibility index (Phi) is 3.74. The van der Waals surface area contributed by atoms with Gasteiger partial charge in [-0.1, -0.05) is 18.2 Å². The monoisotopic (exact) mass is 342 g/mol. The highest BCUT2D eigenvalue weighted by Gasteiger charge is 2.23. The van der Waals surface area contributed by atoms with Crippen molar-refractivity contribution in [3.63, 3.8) is 0 Å². The highest BCUT2D eigenvalue weighted by Crippen LogP contribution is 2.32. The van der Waals surface area contributed by atoms with E-state index in [1.807, 2.05) is 30.3 Å². The zero-order chi connectivity index (χ0) is 16.7. The molecule has 0 saturated carbocycles. The van der Waals surface area contributed by atoms with Gasteiger partial charge in [-0.05, 0) is 31.2 Å². The van der Waals surface area contributed by atoms with Crippen LogP contribution in [-0.2, 0) is 19.6 Å². The Bertz CT molecular complexity index is 949. The third-order valence-electron chi connectivity index (χ3n) is 4.28. The molecular weight excluding hydrogens is 324 g/mol. The minimum Gasteiger partial charge on any atom is -0.486 e. The number of benzene rings is 1. The highest BCUT2D eigenvalue weighted by atomic mass is 32.1. The fraction of sp³-hybridized carbons (Fsp3) is 0.294. The second kappa shape index (κ2) is 5.92. The van der Waals surface area contributed by atoms with Crippen LogP contribution in [0, 0.1) is 0 Å². The summed E-state index contributed by atoms with van der Waals surface area (Å²) in [7, 11) is 2.08. The van der Waals surface area contributed by atoms with Crippen LogP contribution in [0.5, 0.6) is 5.75 Å². The number of thiophene rings is 1. The van der Waals surface area contributed by atoms with Crippen molar-refractivity contribution in [3.8, 4) is 5.75 Å². The topological polar surface area (TPSA) is 73.4 Å². The smallest absolute Gasteiger partial charge is 0.281 e. The molecule has 0 bridgehead atoms. The van der Waals surface area contributed by atoms with Crippen molar-refractivity contribution in [3.05, 3.63) is 57.0 Å². The second-order valence-electron chi connectivity index (χ2n) is 5.98. The molecule has 0 saturated heterocycles. The van der Waals surface area contributed by atoms with Crippen molar-refractivity contribution in [2.75, 3.05) is 19.4 Å². The van der Waals surface area contributed by atoms with Crippen LogP contribution in [0.15, 0.2) is 35.1 Å². The summed E-state index contributed by atoms with van der Waals surface area (Å²) in [5.74, 6) is 7.14. The predicted octanol–water partition coefficient (Wildman–Crippen LogP) is 1.74. The average Bonchev–Trinajstić information content (AvgIpc) is 2.95. The molecule has 6 nitrogen and oxygen atoms in total. The molecule has 1 aliphatic heterocycles. The minimum absolute atomic E-state index is 0.161. The quantitative estimate of drug-likeness (QED) is 0.734. The molecule has 0 aliphatic carbocycles. The normalized spacial score (nSPS) is 14.7. The van der Waals surface area contributed by atoms with Crippen molar-refractivity contribution in [1.82, 2.24) is 14.6 Å².